The standard InChI is InChI=1S/C26H33F2N7O2/c1-16(2)9-24-32-26(37-33-24)34-7-5-17(6-8-34)15-36-19-11-30-25(31-12-19)35-13-21(23(29)14-35)20-10-18(27)3-4-22(20)28/h3-4,10-12,16-17,21,23H,5-9,13-15,29H2,1-2H3. The highest BCUT2D eigenvalue weighted by molar-refractivity contribution is 5.39. The molecule has 2 unspecified atom stereocenters. The van der Waals surface area contributed by atoms with Crippen molar-refractivity contribution in [3.05, 3.63) is 53.6 Å². The van der Waals surface area contributed by atoms with Gasteiger partial charge in [-0.05, 0) is 48.4 Å². The van der Waals surface area contributed by atoms with Crippen molar-refractivity contribution in [3.8, 4) is 5.75 Å². The van der Waals surface area contributed by atoms with Crippen LogP contribution >= 0.6 is 0 Å². The highest BCUT2D eigenvalue weighted by Crippen LogP contribution is 2.31. The maximum atomic E-state index is 14.3. The zero-order chi connectivity index (χ0) is 25.9. The van der Waals surface area contributed by atoms with Gasteiger partial charge < -0.3 is 24.8 Å². The van der Waals surface area contributed by atoms with Crippen LogP contribution in [0.15, 0.2) is 35.1 Å². The molecule has 11 heteroatoms. The van der Waals surface area contributed by atoms with Gasteiger partial charge in [0.1, 0.15) is 11.6 Å². The van der Waals surface area contributed by atoms with Gasteiger partial charge in [-0.1, -0.05) is 19.0 Å². The minimum Gasteiger partial charge on any atom is -0.490 e. The Morgan fingerprint density at radius 2 is 1.86 bits per heavy atom. The summed E-state index contributed by atoms with van der Waals surface area (Å²) in [6, 6.07) is 3.72. The fraction of sp³-hybridized carbons (Fsp3) is 0.538. The highest BCUT2D eigenvalue weighted by atomic mass is 19.1. The number of benzene rings is 1. The van der Waals surface area contributed by atoms with E-state index >= 15 is 0 Å². The van der Waals surface area contributed by atoms with E-state index in [1.807, 2.05) is 4.90 Å². The van der Waals surface area contributed by atoms with Crippen molar-refractivity contribution >= 4 is 12.0 Å². The molecule has 3 aromatic rings. The van der Waals surface area contributed by atoms with Crippen LogP contribution in [0.5, 0.6) is 5.75 Å². The number of piperidine rings is 1. The first-order chi connectivity index (χ1) is 17.9. The first-order valence-electron chi connectivity index (χ1n) is 12.8. The Bertz CT molecular complexity index is 1180. The number of halogens is 2. The predicted molar refractivity (Wildman–Crippen MR) is 135 cm³/mol. The first kappa shape index (κ1) is 25.3. The summed E-state index contributed by atoms with van der Waals surface area (Å²) in [6.07, 6.45) is 6.03. The lowest BCUT2D eigenvalue weighted by Crippen LogP contribution is -2.35. The van der Waals surface area contributed by atoms with Crippen LogP contribution in [0.2, 0.25) is 0 Å². The van der Waals surface area contributed by atoms with Crippen LogP contribution in [0, 0.1) is 23.5 Å². The summed E-state index contributed by atoms with van der Waals surface area (Å²) >= 11 is 0. The third-order valence-electron chi connectivity index (χ3n) is 7.04. The zero-order valence-corrected chi connectivity index (χ0v) is 21.2. The van der Waals surface area contributed by atoms with E-state index in [0.29, 0.717) is 49.2 Å². The molecule has 0 saturated carbocycles. The highest BCUT2D eigenvalue weighted by Gasteiger charge is 2.34. The summed E-state index contributed by atoms with van der Waals surface area (Å²) in [4.78, 5) is 17.4. The van der Waals surface area contributed by atoms with Crippen molar-refractivity contribution in [2.24, 2.45) is 17.6 Å². The largest absolute Gasteiger partial charge is 0.490 e. The van der Waals surface area contributed by atoms with Crippen LogP contribution in [0.1, 0.15) is 44.0 Å². The Kier molecular flexibility index (Phi) is 7.50. The minimum atomic E-state index is -0.476. The average molecular weight is 514 g/mol. The van der Waals surface area contributed by atoms with E-state index < -0.39 is 11.6 Å². The van der Waals surface area contributed by atoms with Crippen LogP contribution in [0.3, 0.4) is 0 Å². The number of nitrogens with two attached hydrogens (primary N) is 1. The van der Waals surface area contributed by atoms with E-state index in [9.17, 15) is 8.78 Å². The lowest BCUT2D eigenvalue weighted by Gasteiger charge is -2.30. The van der Waals surface area contributed by atoms with Gasteiger partial charge in [0.05, 0.1) is 19.0 Å². The smallest absolute Gasteiger partial charge is 0.324 e. The molecule has 2 N–H and O–H groups in total. The molecule has 0 bridgehead atoms. The molecule has 2 aromatic heterocycles. The lowest BCUT2D eigenvalue weighted by atomic mass is 9.94. The molecule has 2 aliphatic heterocycles. The molecule has 198 valence electrons. The van der Waals surface area contributed by atoms with Gasteiger partial charge in [-0.2, -0.15) is 4.98 Å². The molecule has 1 aromatic carbocycles. The van der Waals surface area contributed by atoms with E-state index in [0.717, 1.165) is 50.3 Å². The van der Waals surface area contributed by atoms with Crippen molar-refractivity contribution < 1.29 is 18.0 Å². The SMILES string of the molecule is CC(C)Cc1noc(N2CCC(COc3cnc(N4CC(N)C(c5cc(F)ccc5F)C4)nc3)CC2)n1. The predicted octanol–water partition coefficient (Wildman–Crippen LogP) is 3.56. The summed E-state index contributed by atoms with van der Waals surface area (Å²) in [7, 11) is 0. The second-order valence-corrected chi connectivity index (χ2v) is 10.4. The Morgan fingerprint density at radius 3 is 2.59 bits per heavy atom. The third kappa shape index (κ3) is 5.98. The van der Waals surface area contributed by atoms with E-state index in [-0.39, 0.29) is 17.5 Å². The molecule has 5 rings (SSSR count). The molecule has 0 spiro atoms. The molecule has 0 radical (unpaired) electrons. The van der Waals surface area contributed by atoms with Crippen LogP contribution in [0.25, 0.3) is 0 Å². The minimum absolute atomic E-state index is 0.288. The Balaban J connectivity index is 1.10. The number of hydrogen-bond donors (Lipinski definition) is 1. The maximum absolute atomic E-state index is 14.3. The molecule has 4 heterocycles. The van der Waals surface area contributed by atoms with Crippen LogP contribution in [-0.2, 0) is 6.42 Å². The quantitative estimate of drug-likeness (QED) is 0.484. The van der Waals surface area contributed by atoms with Gasteiger partial charge in [0.2, 0.25) is 5.95 Å². The monoisotopic (exact) mass is 513 g/mol. The Morgan fingerprint density at radius 1 is 1.11 bits per heavy atom. The molecular formula is C26H33F2N7O2. The van der Waals surface area contributed by atoms with Gasteiger partial charge in [-0.15, -0.1) is 0 Å². The first-order valence-corrected chi connectivity index (χ1v) is 12.8. The van der Waals surface area contributed by atoms with Crippen molar-refractivity contribution in [3.63, 3.8) is 0 Å². The molecule has 37 heavy (non-hydrogen) atoms. The van der Waals surface area contributed by atoms with Gasteiger partial charge in [0.15, 0.2) is 11.6 Å². The number of hydrogen-bond acceptors (Lipinski definition) is 9. The number of anilines is 2. The molecular weight excluding hydrogens is 480 g/mol. The fourth-order valence-corrected chi connectivity index (χ4v) is 4.99. The van der Waals surface area contributed by atoms with Crippen molar-refractivity contribution in [1.29, 1.82) is 0 Å². The second-order valence-electron chi connectivity index (χ2n) is 10.4. The number of nitrogens with zero attached hydrogens (tertiary/aromatic N) is 6. The van der Waals surface area contributed by atoms with Crippen LogP contribution < -0.4 is 20.3 Å². The van der Waals surface area contributed by atoms with Gasteiger partial charge >= 0.3 is 6.01 Å². The van der Waals surface area contributed by atoms with Crippen LogP contribution in [0.4, 0.5) is 20.7 Å². The second kappa shape index (κ2) is 11.0. The van der Waals surface area contributed by atoms with Crippen molar-refractivity contribution in [2.75, 3.05) is 42.6 Å². The van der Waals surface area contributed by atoms with E-state index in [1.165, 1.54) is 6.07 Å². The summed E-state index contributed by atoms with van der Waals surface area (Å²) < 4.78 is 39.3. The molecule has 2 saturated heterocycles. The third-order valence-corrected chi connectivity index (χ3v) is 7.04. The van der Waals surface area contributed by atoms with Crippen molar-refractivity contribution in [1.82, 2.24) is 20.1 Å². The van der Waals surface area contributed by atoms with Crippen LogP contribution in [-0.4, -0.2) is 58.9 Å². The molecule has 2 aliphatic rings. The van der Waals surface area contributed by atoms with Gasteiger partial charge in [0.25, 0.3) is 0 Å². The molecule has 0 aliphatic carbocycles. The number of aromatic nitrogens is 4. The van der Waals surface area contributed by atoms with E-state index in [2.05, 4.69) is 38.9 Å². The van der Waals surface area contributed by atoms with Gasteiger partial charge in [-0.3, -0.25) is 0 Å². The summed E-state index contributed by atoms with van der Waals surface area (Å²) in [5.74, 6) is 1.47. The fourth-order valence-electron chi connectivity index (χ4n) is 4.99. The lowest BCUT2D eigenvalue weighted by molar-refractivity contribution is 0.219. The van der Waals surface area contributed by atoms with Gasteiger partial charge in [-0.25, -0.2) is 18.7 Å². The van der Waals surface area contributed by atoms with E-state index in [1.54, 1.807) is 12.4 Å². The molecule has 2 fully saturated rings. The summed E-state index contributed by atoms with van der Waals surface area (Å²) in [5.41, 5.74) is 6.55. The average Bonchev–Trinajstić information content (AvgIpc) is 3.51. The topological polar surface area (TPSA) is 106 Å². The maximum Gasteiger partial charge on any atom is 0.324 e. The normalized spacial score (nSPS) is 20.7. The molecule has 0 amide bonds. The Hall–Kier alpha value is -3.34. The van der Waals surface area contributed by atoms with Gasteiger partial charge in [0, 0.05) is 44.6 Å². The van der Waals surface area contributed by atoms with E-state index in [4.69, 9.17) is 15.0 Å². The molecule has 9 nitrogen and oxygen atoms in total. The number of rotatable bonds is 8. The number of ether oxygens (including phenoxy) is 1. The zero-order valence-electron chi connectivity index (χ0n) is 21.2. The van der Waals surface area contributed by atoms with Crippen molar-refractivity contribution in [2.45, 2.75) is 45.1 Å². The molecule has 2 atom stereocenters. The summed E-state index contributed by atoms with van der Waals surface area (Å²) in [5, 5.41) is 4.08. The Labute approximate surface area is 215 Å². The summed E-state index contributed by atoms with van der Waals surface area (Å²) in [6.45, 7) is 7.40.